The highest BCUT2D eigenvalue weighted by atomic mass is 19.3. The molecule has 4 nitrogen and oxygen atoms in total. The van der Waals surface area contributed by atoms with Gasteiger partial charge in [-0.3, -0.25) is 4.79 Å². The summed E-state index contributed by atoms with van der Waals surface area (Å²) in [6.45, 7) is 1.78. The molecule has 1 aromatic carbocycles. The van der Waals surface area contributed by atoms with E-state index in [1.807, 2.05) is 25.1 Å². The van der Waals surface area contributed by atoms with Gasteiger partial charge in [0.05, 0.1) is 0 Å². The number of hydrogen-bond acceptors (Lipinski definition) is 3. The minimum atomic E-state index is -0.305. The molecule has 0 fully saturated rings. The molecule has 0 saturated heterocycles. The lowest BCUT2D eigenvalue weighted by molar-refractivity contribution is -0.135. The fourth-order valence-electron chi connectivity index (χ4n) is 1.14. The summed E-state index contributed by atoms with van der Waals surface area (Å²) in [7, 11) is 0. The molecule has 1 amide bonds. The highest BCUT2D eigenvalue weighted by Gasteiger charge is 2.03. The number of aryl methyl sites for hydroxylation is 1. The van der Waals surface area contributed by atoms with Crippen LogP contribution in [-0.4, -0.2) is 25.7 Å². The standard InChI is InChI=1S/C11H14FNO3/c1-9-4-2-3-5-10(9)15-8-11(14)13-6-7-16-12/h2-5H,6-8H2,1H3,(H,13,14). The molecule has 0 heterocycles. The van der Waals surface area contributed by atoms with Gasteiger partial charge in [0.2, 0.25) is 0 Å². The molecule has 16 heavy (non-hydrogen) atoms. The fraction of sp³-hybridized carbons (Fsp3) is 0.364. The Hall–Kier alpha value is -1.62. The monoisotopic (exact) mass is 227 g/mol. The van der Waals surface area contributed by atoms with Crippen LogP contribution < -0.4 is 10.1 Å². The van der Waals surface area contributed by atoms with Crippen LogP contribution in [0.15, 0.2) is 24.3 Å². The summed E-state index contributed by atoms with van der Waals surface area (Å²) >= 11 is 0. The molecule has 1 rings (SSSR count). The van der Waals surface area contributed by atoms with E-state index in [1.165, 1.54) is 0 Å². The van der Waals surface area contributed by atoms with Crippen molar-refractivity contribution >= 4 is 5.91 Å². The van der Waals surface area contributed by atoms with E-state index in [2.05, 4.69) is 10.3 Å². The second kappa shape index (κ2) is 6.79. The van der Waals surface area contributed by atoms with E-state index in [0.29, 0.717) is 5.75 Å². The summed E-state index contributed by atoms with van der Waals surface area (Å²) in [6.07, 6.45) is 0. The van der Waals surface area contributed by atoms with Gasteiger partial charge in [-0.1, -0.05) is 18.2 Å². The Balaban J connectivity index is 2.29. The summed E-state index contributed by atoms with van der Waals surface area (Å²) in [5.74, 6) is 0.361. The Kier molecular flexibility index (Phi) is 5.28. The fourth-order valence-corrected chi connectivity index (χ4v) is 1.14. The smallest absolute Gasteiger partial charge is 0.258 e. The molecule has 1 N–H and O–H groups in total. The van der Waals surface area contributed by atoms with Crippen molar-refractivity contribution in [2.45, 2.75) is 6.92 Å². The van der Waals surface area contributed by atoms with Crippen LogP contribution in [0.2, 0.25) is 0 Å². The van der Waals surface area contributed by atoms with Gasteiger partial charge in [-0.2, -0.15) is 4.94 Å². The average molecular weight is 227 g/mol. The summed E-state index contributed by atoms with van der Waals surface area (Å²) < 4.78 is 16.5. The number of hydrogen-bond donors (Lipinski definition) is 1. The first kappa shape index (κ1) is 12.4. The second-order valence-electron chi connectivity index (χ2n) is 3.22. The van der Waals surface area contributed by atoms with Crippen molar-refractivity contribution in [3.8, 4) is 5.75 Å². The third-order valence-corrected chi connectivity index (χ3v) is 1.95. The topological polar surface area (TPSA) is 47.6 Å². The third-order valence-electron chi connectivity index (χ3n) is 1.95. The maximum atomic E-state index is 11.3. The molecule has 0 aliphatic rings. The van der Waals surface area contributed by atoms with E-state index < -0.39 is 0 Å². The Morgan fingerprint density at radius 1 is 1.44 bits per heavy atom. The normalized spacial score (nSPS) is 9.88. The zero-order valence-corrected chi connectivity index (χ0v) is 9.03. The van der Waals surface area contributed by atoms with Crippen LogP contribution in [0, 0.1) is 6.92 Å². The van der Waals surface area contributed by atoms with Gasteiger partial charge in [-0.05, 0) is 23.1 Å². The number of rotatable bonds is 6. The van der Waals surface area contributed by atoms with Crippen LogP contribution in [0.5, 0.6) is 5.75 Å². The van der Waals surface area contributed by atoms with Gasteiger partial charge in [0, 0.05) is 6.54 Å². The van der Waals surface area contributed by atoms with Crippen LogP contribution in [0.3, 0.4) is 0 Å². The SMILES string of the molecule is Cc1ccccc1OCC(=O)NCCOF. The van der Waals surface area contributed by atoms with Crippen LogP contribution in [0.25, 0.3) is 0 Å². The third kappa shape index (κ3) is 4.27. The minimum absolute atomic E-state index is 0.0862. The Bertz CT molecular complexity index is 344. The number of halogens is 1. The molecule has 0 aliphatic carbocycles. The van der Waals surface area contributed by atoms with Crippen molar-refractivity contribution < 1.29 is 19.0 Å². The van der Waals surface area contributed by atoms with Gasteiger partial charge >= 0.3 is 0 Å². The predicted molar refractivity (Wildman–Crippen MR) is 56.7 cm³/mol. The van der Waals surface area contributed by atoms with Crippen molar-refractivity contribution in [1.29, 1.82) is 0 Å². The van der Waals surface area contributed by atoms with Crippen LogP contribution >= 0.6 is 0 Å². The number of carbonyl (C=O) groups excluding carboxylic acids is 1. The van der Waals surface area contributed by atoms with E-state index in [1.54, 1.807) is 6.07 Å². The van der Waals surface area contributed by atoms with E-state index in [0.717, 1.165) is 5.56 Å². The summed E-state index contributed by atoms with van der Waals surface area (Å²) in [6, 6.07) is 7.40. The number of benzene rings is 1. The largest absolute Gasteiger partial charge is 0.484 e. The van der Waals surface area contributed by atoms with E-state index in [-0.39, 0.29) is 25.7 Å². The van der Waals surface area contributed by atoms with Crippen LogP contribution in [0.1, 0.15) is 5.56 Å². The summed E-state index contributed by atoms with van der Waals surface area (Å²) in [5, 5.41) is 2.44. The molecule has 0 aliphatic heterocycles. The van der Waals surface area contributed by atoms with Gasteiger partial charge in [0.25, 0.3) is 5.91 Å². The average Bonchev–Trinajstić information content (AvgIpc) is 2.28. The minimum Gasteiger partial charge on any atom is -0.484 e. The first-order chi connectivity index (χ1) is 7.74. The number of ether oxygens (including phenoxy) is 1. The molecule has 0 atom stereocenters. The van der Waals surface area contributed by atoms with E-state index >= 15 is 0 Å². The summed E-state index contributed by atoms with van der Waals surface area (Å²) in [4.78, 5) is 14.5. The predicted octanol–water partition coefficient (Wildman–Crippen LogP) is 1.39. The Morgan fingerprint density at radius 3 is 2.88 bits per heavy atom. The molecular formula is C11H14FNO3. The molecule has 0 saturated carbocycles. The number of carbonyl (C=O) groups is 1. The molecule has 0 spiro atoms. The second-order valence-corrected chi connectivity index (χ2v) is 3.22. The lowest BCUT2D eigenvalue weighted by Gasteiger charge is -2.08. The van der Waals surface area contributed by atoms with Crippen molar-refractivity contribution in [3.05, 3.63) is 29.8 Å². The lowest BCUT2D eigenvalue weighted by Crippen LogP contribution is -2.31. The first-order valence-electron chi connectivity index (χ1n) is 4.92. The highest BCUT2D eigenvalue weighted by molar-refractivity contribution is 5.77. The van der Waals surface area contributed by atoms with E-state index in [4.69, 9.17) is 4.74 Å². The molecule has 88 valence electrons. The molecule has 5 heteroatoms. The van der Waals surface area contributed by atoms with Crippen molar-refractivity contribution in [2.75, 3.05) is 19.8 Å². The molecule has 0 unspecified atom stereocenters. The maximum absolute atomic E-state index is 11.3. The van der Waals surface area contributed by atoms with Gasteiger partial charge in [-0.25, -0.2) is 0 Å². The van der Waals surface area contributed by atoms with Gasteiger partial charge in [0.15, 0.2) is 6.61 Å². The van der Waals surface area contributed by atoms with Crippen LogP contribution in [0.4, 0.5) is 4.53 Å². The zero-order valence-electron chi connectivity index (χ0n) is 9.03. The van der Waals surface area contributed by atoms with Gasteiger partial charge in [-0.15, -0.1) is 0 Å². The molecule has 0 aromatic heterocycles. The number of amides is 1. The van der Waals surface area contributed by atoms with Crippen molar-refractivity contribution in [1.82, 2.24) is 5.32 Å². The molecule has 0 bridgehead atoms. The lowest BCUT2D eigenvalue weighted by atomic mass is 10.2. The number of nitrogens with one attached hydrogen (secondary N) is 1. The molecule has 0 radical (unpaired) electrons. The number of para-hydroxylation sites is 1. The molecular weight excluding hydrogens is 213 g/mol. The summed E-state index contributed by atoms with van der Waals surface area (Å²) in [5.41, 5.74) is 0.961. The van der Waals surface area contributed by atoms with E-state index in [9.17, 15) is 9.32 Å². The van der Waals surface area contributed by atoms with Gasteiger partial charge < -0.3 is 10.1 Å². The Morgan fingerprint density at radius 2 is 2.19 bits per heavy atom. The quantitative estimate of drug-likeness (QED) is 0.747. The maximum Gasteiger partial charge on any atom is 0.258 e. The Labute approximate surface area is 93.3 Å². The molecule has 1 aromatic rings. The van der Waals surface area contributed by atoms with Crippen molar-refractivity contribution in [2.24, 2.45) is 0 Å². The van der Waals surface area contributed by atoms with Gasteiger partial charge in [0.1, 0.15) is 12.4 Å². The first-order valence-corrected chi connectivity index (χ1v) is 4.92. The highest BCUT2D eigenvalue weighted by Crippen LogP contribution is 2.15. The van der Waals surface area contributed by atoms with Crippen molar-refractivity contribution in [3.63, 3.8) is 0 Å². The van der Waals surface area contributed by atoms with Crippen LogP contribution in [-0.2, 0) is 9.74 Å². The zero-order chi connectivity index (χ0) is 11.8.